The predicted octanol–water partition coefficient (Wildman–Crippen LogP) is 3.93. The number of ether oxygens (including phenoxy) is 1. The molecule has 3 rings (SSSR count). The van der Waals surface area contributed by atoms with E-state index >= 15 is 0 Å². The van der Waals surface area contributed by atoms with Crippen LogP contribution in [-0.2, 0) is 0 Å². The molecule has 0 unspecified atom stereocenters. The summed E-state index contributed by atoms with van der Waals surface area (Å²) in [5.41, 5.74) is 1.31. The summed E-state index contributed by atoms with van der Waals surface area (Å²) in [5, 5.41) is 2.32. The minimum absolute atomic E-state index is 0.280. The van der Waals surface area contributed by atoms with E-state index in [2.05, 4.69) is 4.98 Å². The summed E-state index contributed by atoms with van der Waals surface area (Å²) in [4.78, 5) is 16.2. The van der Waals surface area contributed by atoms with Crippen molar-refractivity contribution in [3.05, 3.63) is 59.3 Å². The van der Waals surface area contributed by atoms with E-state index in [0.29, 0.717) is 16.5 Å². The second-order valence-corrected chi connectivity index (χ2v) is 5.08. The second-order valence-electron chi connectivity index (χ2n) is 4.22. The predicted molar refractivity (Wildman–Crippen MR) is 76.0 cm³/mol. The Kier molecular flexibility index (Phi) is 3.35. The smallest absolute Gasteiger partial charge is 0.363 e. The Morgan fingerprint density at radius 2 is 2.20 bits per heavy atom. The third-order valence-corrected chi connectivity index (χ3v) is 3.50. The first-order valence-corrected chi connectivity index (χ1v) is 6.88. The van der Waals surface area contributed by atoms with Crippen molar-refractivity contribution in [3.63, 3.8) is 0 Å². The van der Waals surface area contributed by atoms with Gasteiger partial charge in [0.15, 0.2) is 16.5 Å². The lowest BCUT2D eigenvalue weighted by Gasteiger charge is -2.02. The lowest BCUT2D eigenvalue weighted by Crippen LogP contribution is -2.08. The van der Waals surface area contributed by atoms with Crippen molar-refractivity contribution in [1.29, 1.82) is 0 Å². The van der Waals surface area contributed by atoms with Gasteiger partial charge in [0, 0.05) is 5.38 Å². The molecular formula is C15H11NO3S. The largest absolute Gasteiger partial charge is 0.462 e. The summed E-state index contributed by atoms with van der Waals surface area (Å²) in [5.74, 6) is 0.691. The first kappa shape index (κ1) is 12.6. The van der Waals surface area contributed by atoms with E-state index in [1.807, 2.05) is 19.1 Å². The van der Waals surface area contributed by atoms with Crippen LogP contribution in [-0.4, -0.2) is 11.0 Å². The average molecular weight is 285 g/mol. The van der Waals surface area contributed by atoms with Crippen molar-refractivity contribution in [2.45, 2.75) is 6.92 Å². The first-order chi connectivity index (χ1) is 9.72. The number of benzene rings is 1. The van der Waals surface area contributed by atoms with E-state index in [0.717, 1.165) is 5.56 Å². The quantitative estimate of drug-likeness (QED) is 0.540. The van der Waals surface area contributed by atoms with Crippen LogP contribution in [0.2, 0.25) is 0 Å². The molecule has 0 aliphatic rings. The molecule has 0 aliphatic carbocycles. The number of carbonyl (C=O) groups excluding carboxylic acids is 1. The summed E-state index contributed by atoms with van der Waals surface area (Å²) in [6.45, 7) is 1.94. The number of rotatable bonds is 3. The Morgan fingerprint density at radius 1 is 1.30 bits per heavy atom. The molecule has 4 nitrogen and oxygen atoms in total. The number of aryl methyl sites for hydroxylation is 1. The fourth-order valence-electron chi connectivity index (χ4n) is 1.72. The van der Waals surface area contributed by atoms with Gasteiger partial charge in [-0.2, -0.15) is 0 Å². The topological polar surface area (TPSA) is 52.3 Å². The minimum Gasteiger partial charge on any atom is -0.462 e. The van der Waals surface area contributed by atoms with Gasteiger partial charge in [-0.25, -0.2) is 9.78 Å². The molecule has 0 bridgehead atoms. The Bertz CT molecular complexity index is 731. The van der Waals surface area contributed by atoms with Crippen molar-refractivity contribution in [3.8, 4) is 16.5 Å². The molecule has 100 valence electrons. The van der Waals surface area contributed by atoms with E-state index in [9.17, 15) is 4.79 Å². The second kappa shape index (κ2) is 5.30. The van der Waals surface area contributed by atoms with E-state index in [1.54, 1.807) is 35.9 Å². The van der Waals surface area contributed by atoms with Crippen LogP contribution in [0, 0.1) is 6.92 Å². The lowest BCUT2D eigenvalue weighted by atomic mass is 10.2. The summed E-state index contributed by atoms with van der Waals surface area (Å²) in [6.07, 6.45) is 1.57. The molecule has 0 radical (unpaired) electrons. The van der Waals surface area contributed by atoms with Gasteiger partial charge in [0.1, 0.15) is 5.75 Å². The maximum atomic E-state index is 12.0. The van der Waals surface area contributed by atoms with Crippen molar-refractivity contribution >= 4 is 17.3 Å². The van der Waals surface area contributed by atoms with Crippen LogP contribution in [0.15, 0.2) is 52.5 Å². The highest BCUT2D eigenvalue weighted by molar-refractivity contribution is 7.13. The molecule has 0 saturated heterocycles. The van der Waals surface area contributed by atoms with Crippen molar-refractivity contribution in [2.75, 3.05) is 0 Å². The molecule has 0 aliphatic heterocycles. The van der Waals surface area contributed by atoms with Crippen LogP contribution in [0.4, 0.5) is 0 Å². The van der Waals surface area contributed by atoms with E-state index in [1.165, 1.54) is 11.3 Å². The maximum absolute atomic E-state index is 12.0. The number of furan rings is 1. The molecule has 0 spiro atoms. The molecule has 5 heteroatoms. The highest BCUT2D eigenvalue weighted by Crippen LogP contribution is 2.24. The van der Waals surface area contributed by atoms with Gasteiger partial charge < -0.3 is 9.15 Å². The molecular weight excluding hydrogens is 274 g/mol. The molecule has 0 fully saturated rings. The van der Waals surface area contributed by atoms with Crippen LogP contribution >= 0.6 is 11.3 Å². The first-order valence-electron chi connectivity index (χ1n) is 6.00. The monoisotopic (exact) mass is 285 g/mol. The van der Waals surface area contributed by atoms with Gasteiger partial charge in [-0.3, -0.25) is 0 Å². The summed E-state index contributed by atoms with van der Waals surface area (Å²) in [6, 6.07) is 10.9. The van der Waals surface area contributed by atoms with E-state index < -0.39 is 5.97 Å². The number of carbonyl (C=O) groups is 1. The van der Waals surface area contributed by atoms with Gasteiger partial charge in [0.2, 0.25) is 0 Å². The van der Waals surface area contributed by atoms with E-state index in [4.69, 9.17) is 9.15 Å². The van der Waals surface area contributed by atoms with Crippen LogP contribution < -0.4 is 4.74 Å². The van der Waals surface area contributed by atoms with Crippen LogP contribution in [0.25, 0.3) is 10.8 Å². The van der Waals surface area contributed by atoms with Gasteiger partial charge in [0.05, 0.1) is 6.26 Å². The van der Waals surface area contributed by atoms with Crippen LogP contribution in [0.5, 0.6) is 5.75 Å². The molecule has 0 N–H and O–H groups in total. The molecule has 2 aromatic heterocycles. The number of hydrogen-bond donors (Lipinski definition) is 0. The minimum atomic E-state index is -0.468. The van der Waals surface area contributed by atoms with E-state index in [-0.39, 0.29) is 5.69 Å². The number of hydrogen-bond acceptors (Lipinski definition) is 5. The zero-order valence-electron chi connectivity index (χ0n) is 10.7. The molecule has 1 aromatic carbocycles. The zero-order valence-corrected chi connectivity index (χ0v) is 11.5. The molecule has 20 heavy (non-hydrogen) atoms. The van der Waals surface area contributed by atoms with Gasteiger partial charge >= 0.3 is 5.97 Å². The van der Waals surface area contributed by atoms with Crippen molar-refractivity contribution in [1.82, 2.24) is 4.98 Å². The lowest BCUT2D eigenvalue weighted by molar-refractivity contribution is 0.0729. The highest BCUT2D eigenvalue weighted by atomic mass is 32.1. The van der Waals surface area contributed by atoms with Crippen LogP contribution in [0.3, 0.4) is 0 Å². The summed E-state index contributed by atoms with van der Waals surface area (Å²) in [7, 11) is 0. The van der Waals surface area contributed by atoms with Gasteiger partial charge in [-0.1, -0.05) is 12.1 Å². The molecule has 0 atom stereocenters. The molecule has 3 aromatic rings. The number of thiazole rings is 1. The van der Waals surface area contributed by atoms with Crippen molar-refractivity contribution < 1.29 is 13.9 Å². The van der Waals surface area contributed by atoms with Gasteiger partial charge in [0.25, 0.3) is 0 Å². The normalized spacial score (nSPS) is 10.4. The Labute approximate surface area is 119 Å². The highest BCUT2D eigenvalue weighted by Gasteiger charge is 2.15. The Morgan fingerprint density at radius 3 is 2.95 bits per heavy atom. The average Bonchev–Trinajstić information content (AvgIpc) is 3.10. The van der Waals surface area contributed by atoms with Crippen molar-refractivity contribution in [2.24, 2.45) is 0 Å². The number of aromatic nitrogens is 1. The van der Waals surface area contributed by atoms with Gasteiger partial charge in [-0.05, 0) is 36.8 Å². The molecule has 2 heterocycles. The third kappa shape index (κ3) is 2.62. The number of nitrogens with zero attached hydrogens (tertiary/aromatic N) is 1. The zero-order chi connectivity index (χ0) is 13.9. The fourth-order valence-corrected chi connectivity index (χ4v) is 2.47. The maximum Gasteiger partial charge on any atom is 0.363 e. The molecule has 0 saturated carbocycles. The fraction of sp³-hybridized carbons (Fsp3) is 0.0667. The van der Waals surface area contributed by atoms with Gasteiger partial charge in [-0.15, -0.1) is 11.3 Å². The standard InChI is InChI=1S/C15H11NO3S/c1-10-4-2-5-11(8-10)19-15(17)12-9-20-14(16-12)13-6-3-7-18-13/h2-9H,1H3. The Balaban J connectivity index is 1.78. The third-order valence-electron chi connectivity index (χ3n) is 2.65. The summed E-state index contributed by atoms with van der Waals surface area (Å²) < 4.78 is 10.5. The van der Waals surface area contributed by atoms with Crippen LogP contribution in [0.1, 0.15) is 16.1 Å². The number of esters is 1. The SMILES string of the molecule is Cc1cccc(OC(=O)c2csc(-c3ccco3)n2)c1. The Hall–Kier alpha value is -2.40. The molecule has 0 amide bonds. The summed E-state index contributed by atoms with van der Waals surface area (Å²) >= 11 is 1.34.